The van der Waals surface area contributed by atoms with Crippen LogP contribution in [0, 0.1) is 0 Å². The van der Waals surface area contributed by atoms with Crippen LogP contribution in [0.2, 0.25) is 0 Å². The first-order chi connectivity index (χ1) is 10.3. The van der Waals surface area contributed by atoms with E-state index in [1.165, 1.54) is 13.8 Å². The fraction of sp³-hybridized carbons (Fsp3) is 0.571. The molecular formula is C14H20O8. The molecule has 0 radical (unpaired) electrons. The molecule has 2 atom stereocenters. The van der Waals surface area contributed by atoms with Crippen molar-refractivity contribution in [2.75, 3.05) is 13.2 Å². The van der Waals surface area contributed by atoms with Crippen LogP contribution in [0.25, 0.3) is 0 Å². The van der Waals surface area contributed by atoms with E-state index in [1.54, 1.807) is 13.8 Å². The van der Waals surface area contributed by atoms with E-state index in [9.17, 15) is 19.2 Å². The van der Waals surface area contributed by atoms with Gasteiger partial charge in [-0.05, 0) is 27.7 Å². The molecule has 0 fully saturated rings. The third-order valence-corrected chi connectivity index (χ3v) is 2.18. The van der Waals surface area contributed by atoms with E-state index in [0.29, 0.717) is 0 Å². The summed E-state index contributed by atoms with van der Waals surface area (Å²) in [6, 6.07) is 0. The lowest BCUT2D eigenvalue weighted by Gasteiger charge is -2.11. The Kier molecular flexibility index (Phi) is 9.24. The van der Waals surface area contributed by atoms with Gasteiger partial charge in [0.1, 0.15) is 0 Å². The molecule has 0 aromatic heterocycles. The average Bonchev–Trinajstić information content (AvgIpc) is 2.45. The number of hydrogen-bond donors (Lipinski definition) is 0. The first-order valence-electron chi connectivity index (χ1n) is 6.74. The normalized spacial score (nSPS) is 13.1. The number of rotatable bonds is 8. The monoisotopic (exact) mass is 316 g/mol. The van der Waals surface area contributed by atoms with E-state index >= 15 is 0 Å². The Hall–Kier alpha value is -2.38. The van der Waals surface area contributed by atoms with Crippen LogP contribution in [-0.4, -0.2) is 49.3 Å². The molecule has 0 rings (SSSR count). The second-order valence-corrected chi connectivity index (χ2v) is 4.00. The summed E-state index contributed by atoms with van der Waals surface area (Å²) >= 11 is 0. The van der Waals surface area contributed by atoms with Gasteiger partial charge in [-0.1, -0.05) is 0 Å². The van der Waals surface area contributed by atoms with Gasteiger partial charge in [0.15, 0.2) is 12.2 Å². The van der Waals surface area contributed by atoms with Crippen molar-refractivity contribution in [1.82, 2.24) is 0 Å². The summed E-state index contributed by atoms with van der Waals surface area (Å²) in [6.45, 7) is 6.24. The minimum absolute atomic E-state index is 0.161. The quantitative estimate of drug-likeness (QED) is 0.363. The summed E-state index contributed by atoms with van der Waals surface area (Å²) in [7, 11) is 0. The summed E-state index contributed by atoms with van der Waals surface area (Å²) in [6.07, 6.45) is -0.607. The van der Waals surface area contributed by atoms with Crippen LogP contribution in [-0.2, 0) is 38.1 Å². The van der Waals surface area contributed by atoms with Crippen LogP contribution in [0.3, 0.4) is 0 Å². The predicted molar refractivity (Wildman–Crippen MR) is 73.5 cm³/mol. The van der Waals surface area contributed by atoms with Gasteiger partial charge in [0.05, 0.1) is 13.2 Å². The third kappa shape index (κ3) is 8.03. The summed E-state index contributed by atoms with van der Waals surface area (Å²) in [5.41, 5.74) is 0. The maximum absolute atomic E-state index is 11.4. The Morgan fingerprint density at radius 1 is 0.773 bits per heavy atom. The van der Waals surface area contributed by atoms with Crippen molar-refractivity contribution in [1.29, 1.82) is 0 Å². The molecule has 0 aromatic rings. The lowest BCUT2D eigenvalue weighted by atomic mass is 10.4. The molecule has 0 bridgehead atoms. The van der Waals surface area contributed by atoms with Gasteiger partial charge < -0.3 is 18.9 Å². The van der Waals surface area contributed by atoms with Crippen molar-refractivity contribution in [3.63, 3.8) is 0 Å². The second-order valence-electron chi connectivity index (χ2n) is 4.00. The molecule has 22 heavy (non-hydrogen) atoms. The molecule has 0 amide bonds. The van der Waals surface area contributed by atoms with Crippen molar-refractivity contribution in [2.24, 2.45) is 0 Å². The Labute approximate surface area is 128 Å². The molecule has 0 saturated heterocycles. The molecule has 0 aliphatic rings. The maximum atomic E-state index is 11.4. The van der Waals surface area contributed by atoms with E-state index in [-0.39, 0.29) is 13.2 Å². The first kappa shape index (κ1) is 19.6. The third-order valence-electron chi connectivity index (χ3n) is 2.18. The van der Waals surface area contributed by atoms with Crippen molar-refractivity contribution in [3.8, 4) is 0 Å². The van der Waals surface area contributed by atoms with Gasteiger partial charge in [-0.2, -0.15) is 0 Å². The van der Waals surface area contributed by atoms with Crippen LogP contribution in [0.5, 0.6) is 0 Å². The first-order valence-corrected chi connectivity index (χ1v) is 6.74. The Bertz CT molecular complexity index is 400. The number of esters is 4. The lowest BCUT2D eigenvalue weighted by molar-refractivity contribution is -0.164. The largest absolute Gasteiger partial charge is 0.463 e. The lowest BCUT2D eigenvalue weighted by Crippen LogP contribution is -2.26. The zero-order valence-corrected chi connectivity index (χ0v) is 13.0. The van der Waals surface area contributed by atoms with Gasteiger partial charge >= 0.3 is 23.9 Å². The van der Waals surface area contributed by atoms with Crippen molar-refractivity contribution < 1.29 is 38.1 Å². The van der Waals surface area contributed by atoms with E-state index in [0.717, 1.165) is 12.2 Å². The van der Waals surface area contributed by atoms with E-state index in [4.69, 9.17) is 9.47 Å². The van der Waals surface area contributed by atoms with E-state index < -0.39 is 36.1 Å². The minimum atomic E-state index is -1.09. The molecule has 8 heteroatoms. The molecular weight excluding hydrogens is 296 g/mol. The maximum Gasteiger partial charge on any atom is 0.347 e. The van der Waals surface area contributed by atoms with Gasteiger partial charge in [-0.15, -0.1) is 0 Å². The second kappa shape index (κ2) is 10.4. The summed E-state index contributed by atoms with van der Waals surface area (Å²) in [5.74, 6) is -3.21. The zero-order chi connectivity index (χ0) is 17.1. The molecule has 124 valence electrons. The average molecular weight is 316 g/mol. The fourth-order valence-electron chi connectivity index (χ4n) is 1.18. The molecule has 0 aromatic carbocycles. The van der Waals surface area contributed by atoms with E-state index in [1.807, 2.05) is 0 Å². The van der Waals surface area contributed by atoms with Crippen molar-refractivity contribution in [3.05, 3.63) is 12.2 Å². The molecule has 1 unspecified atom stereocenters. The zero-order valence-electron chi connectivity index (χ0n) is 13.0. The van der Waals surface area contributed by atoms with Crippen LogP contribution >= 0.6 is 0 Å². The fourth-order valence-corrected chi connectivity index (χ4v) is 1.18. The summed E-state index contributed by atoms with van der Waals surface area (Å²) < 4.78 is 18.7. The van der Waals surface area contributed by atoms with Crippen molar-refractivity contribution in [2.45, 2.75) is 39.9 Å². The smallest absolute Gasteiger partial charge is 0.347 e. The molecule has 8 nitrogen and oxygen atoms in total. The Morgan fingerprint density at radius 2 is 1.09 bits per heavy atom. The predicted octanol–water partition coefficient (Wildman–Crippen LogP) is 0.532. The number of carbonyl (C=O) groups is 4. The highest BCUT2D eigenvalue weighted by Crippen LogP contribution is 1.99. The van der Waals surface area contributed by atoms with Gasteiger partial charge in [0.25, 0.3) is 0 Å². The topological polar surface area (TPSA) is 105 Å². The van der Waals surface area contributed by atoms with E-state index in [2.05, 4.69) is 9.47 Å². The van der Waals surface area contributed by atoms with Crippen LogP contribution in [0.4, 0.5) is 0 Å². The molecule has 0 spiro atoms. The highest BCUT2D eigenvalue weighted by molar-refractivity contribution is 5.93. The Morgan fingerprint density at radius 3 is 1.36 bits per heavy atom. The minimum Gasteiger partial charge on any atom is -0.463 e. The summed E-state index contributed by atoms with van der Waals surface area (Å²) in [4.78, 5) is 45.2. The van der Waals surface area contributed by atoms with Gasteiger partial charge in [0.2, 0.25) is 0 Å². The highest BCUT2D eigenvalue weighted by atomic mass is 16.6. The standard InChI is InChI=1S/C14H20O8/c1-5-19-13(17)9(3)21-11(15)7-8-12(16)22-10(4)14(18)20-6-2/h7-10H,5-6H2,1-4H3/b8-7+/t9-,10?/m0/s1. The van der Waals surface area contributed by atoms with Crippen LogP contribution < -0.4 is 0 Å². The summed E-state index contributed by atoms with van der Waals surface area (Å²) in [5, 5.41) is 0. The van der Waals surface area contributed by atoms with Gasteiger partial charge in [-0.25, -0.2) is 19.2 Å². The number of carbonyl (C=O) groups excluding carboxylic acids is 4. The SMILES string of the molecule is CCOC(=O)C(C)OC(=O)/C=C/C(=O)O[C@@H](C)C(=O)OCC. The molecule has 0 N–H and O–H groups in total. The Balaban J connectivity index is 4.29. The number of hydrogen-bond acceptors (Lipinski definition) is 8. The molecule has 0 saturated carbocycles. The van der Waals surface area contributed by atoms with Crippen molar-refractivity contribution >= 4 is 23.9 Å². The van der Waals surface area contributed by atoms with Crippen LogP contribution in [0.15, 0.2) is 12.2 Å². The molecule has 0 aliphatic heterocycles. The molecule has 0 heterocycles. The molecule has 0 aliphatic carbocycles. The van der Waals surface area contributed by atoms with Gasteiger partial charge in [0, 0.05) is 12.2 Å². The number of ether oxygens (including phenoxy) is 4. The highest BCUT2D eigenvalue weighted by Gasteiger charge is 2.19. The van der Waals surface area contributed by atoms with Crippen LogP contribution in [0.1, 0.15) is 27.7 Å². The van der Waals surface area contributed by atoms with Gasteiger partial charge in [-0.3, -0.25) is 0 Å².